The normalized spacial score (nSPS) is 21.8. The van der Waals surface area contributed by atoms with Crippen molar-refractivity contribution in [3.63, 3.8) is 0 Å². The molecule has 0 amide bonds. The molecular formula is C13H12O6. The van der Waals surface area contributed by atoms with Crippen LogP contribution in [-0.2, 0) is 30.5 Å². The highest BCUT2D eigenvalue weighted by molar-refractivity contribution is 5.91. The van der Waals surface area contributed by atoms with Crippen molar-refractivity contribution in [3.05, 3.63) is 35.9 Å². The van der Waals surface area contributed by atoms with E-state index in [1.807, 2.05) is 6.07 Å². The average molecular weight is 264 g/mol. The Morgan fingerprint density at radius 3 is 2.63 bits per heavy atom. The molecule has 100 valence electrons. The molecule has 1 aliphatic heterocycles. The molecule has 0 saturated carbocycles. The second kappa shape index (κ2) is 5.51. The summed E-state index contributed by atoms with van der Waals surface area (Å²) in [6.07, 6.45) is -1.66. The summed E-state index contributed by atoms with van der Waals surface area (Å²) in [6, 6.07) is 8.94. The van der Waals surface area contributed by atoms with Crippen LogP contribution < -0.4 is 0 Å². The lowest BCUT2D eigenvalue weighted by Crippen LogP contribution is -2.33. The lowest BCUT2D eigenvalue weighted by Gasteiger charge is -2.13. The van der Waals surface area contributed by atoms with Gasteiger partial charge in [-0.3, -0.25) is 9.59 Å². The molecule has 1 aliphatic rings. The molecule has 0 radical (unpaired) electrons. The van der Waals surface area contributed by atoms with E-state index in [2.05, 4.69) is 0 Å². The van der Waals surface area contributed by atoms with Crippen LogP contribution in [0.25, 0.3) is 0 Å². The van der Waals surface area contributed by atoms with Gasteiger partial charge in [0, 0.05) is 0 Å². The molecule has 6 heteroatoms. The van der Waals surface area contributed by atoms with E-state index in [1.54, 1.807) is 24.3 Å². The van der Waals surface area contributed by atoms with Crippen molar-refractivity contribution in [2.75, 3.05) is 0 Å². The number of hydrogen-bond acceptors (Lipinski definition) is 5. The summed E-state index contributed by atoms with van der Waals surface area (Å²) in [5, 5.41) is 8.90. The van der Waals surface area contributed by atoms with Gasteiger partial charge in [-0.1, -0.05) is 30.3 Å². The van der Waals surface area contributed by atoms with Gasteiger partial charge in [0.25, 0.3) is 0 Å². The minimum Gasteiger partial charge on any atom is -0.481 e. The maximum absolute atomic E-state index is 11.7. The largest absolute Gasteiger partial charge is 0.481 e. The summed E-state index contributed by atoms with van der Waals surface area (Å²) in [5.74, 6) is -3.94. The number of carboxylic acid groups (broad SMARTS) is 1. The fraction of sp³-hybridized carbons (Fsp3) is 0.308. The number of carboxylic acids is 1. The van der Waals surface area contributed by atoms with Crippen molar-refractivity contribution in [2.45, 2.75) is 19.1 Å². The molecule has 2 rings (SSSR count). The zero-order chi connectivity index (χ0) is 13.8. The highest BCUT2D eigenvalue weighted by Gasteiger charge is 2.45. The van der Waals surface area contributed by atoms with Crippen molar-refractivity contribution in [1.82, 2.24) is 0 Å². The Hall–Kier alpha value is -2.37. The van der Waals surface area contributed by atoms with Crippen LogP contribution in [0.4, 0.5) is 0 Å². The van der Waals surface area contributed by atoms with Gasteiger partial charge in [0.2, 0.25) is 6.10 Å². The van der Waals surface area contributed by atoms with E-state index in [0.29, 0.717) is 0 Å². The van der Waals surface area contributed by atoms with E-state index < -0.39 is 29.9 Å². The number of cyclic esters (lactones) is 1. The first kappa shape index (κ1) is 13.1. The van der Waals surface area contributed by atoms with Crippen molar-refractivity contribution in [1.29, 1.82) is 0 Å². The first-order chi connectivity index (χ1) is 9.08. The summed E-state index contributed by atoms with van der Waals surface area (Å²) in [7, 11) is 0. The first-order valence-corrected chi connectivity index (χ1v) is 5.71. The second-order valence-corrected chi connectivity index (χ2v) is 4.15. The van der Waals surface area contributed by atoms with Gasteiger partial charge in [-0.15, -0.1) is 0 Å². The van der Waals surface area contributed by atoms with Crippen LogP contribution in [-0.4, -0.2) is 29.1 Å². The van der Waals surface area contributed by atoms with Crippen LogP contribution in [0.2, 0.25) is 0 Å². The molecule has 1 aromatic rings. The van der Waals surface area contributed by atoms with Crippen LogP contribution in [0.1, 0.15) is 12.0 Å². The van der Waals surface area contributed by atoms with Crippen LogP contribution in [0.5, 0.6) is 0 Å². The topological polar surface area (TPSA) is 89.9 Å². The van der Waals surface area contributed by atoms with Gasteiger partial charge in [0.1, 0.15) is 12.5 Å². The molecular weight excluding hydrogens is 252 g/mol. The number of aliphatic carboxylic acids is 1. The van der Waals surface area contributed by atoms with Crippen molar-refractivity contribution >= 4 is 17.9 Å². The second-order valence-electron chi connectivity index (χ2n) is 4.15. The van der Waals surface area contributed by atoms with Crippen molar-refractivity contribution < 1.29 is 29.0 Å². The highest BCUT2D eigenvalue weighted by Crippen LogP contribution is 2.23. The number of esters is 2. The van der Waals surface area contributed by atoms with E-state index in [1.165, 1.54) is 0 Å². The Morgan fingerprint density at radius 1 is 1.32 bits per heavy atom. The third kappa shape index (κ3) is 3.09. The van der Waals surface area contributed by atoms with Crippen molar-refractivity contribution in [2.24, 2.45) is 5.92 Å². The van der Waals surface area contributed by atoms with Gasteiger partial charge >= 0.3 is 17.9 Å². The summed E-state index contributed by atoms with van der Waals surface area (Å²) in [6.45, 7) is 0.0140. The van der Waals surface area contributed by atoms with Gasteiger partial charge < -0.3 is 14.6 Å². The van der Waals surface area contributed by atoms with E-state index in [9.17, 15) is 14.4 Å². The molecule has 0 bridgehead atoms. The van der Waals surface area contributed by atoms with Crippen LogP contribution in [0, 0.1) is 5.92 Å². The van der Waals surface area contributed by atoms with Gasteiger partial charge in [-0.2, -0.15) is 0 Å². The molecule has 1 heterocycles. The van der Waals surface area contributed by atoms with E-state index in [4.69, 9.17) is 14.6 Å². The Morgan fingerprint density at radius 2 is 2.00 bits per heavy atom. The quantitative estimate of drug-likeness (QED) is 0.807. The molecule has 1 N–H and O–H groups in total. The summed E-state index contributed by atoms with van der Waals surface area (Å²) >= 11 is 0. The highest BCUT2D eigenvalue weighted by atomic mass is 16.6. The Balaban J connectivity index is 1.96. The number of benzene rings is 1. The summed E-state index contributed by atoms with van der Waals surface area (Å²) < 4.78 is 9.65. The Bertz CT molecular complexity index is 495. The molecule has 1 fully saturated rings. The lowest BCUT2D eigenvalue weighted by atomic mass is 10.0. The zero-order valence-electron chi connectivity index (χ0n) is 9.94. The minimum atomic E-state index is -1.35. The Kier molecular flexibility index (Phi) is 3.79. The van der Waals surface area contributed by atoms with Crippen molar-refractivity contribution in [3.8, 4) is 0 Å². The number of rotatable bonds is 4. The third-order valence-electron chi connectivity index (χ3n) is 2.78. The van der Waals surface area contributed by atoms with Gasteiger partial charge in [-0.05, 0) is 5.56 Å². The first-order valence-electron chi connectivity index (χ1n) is 5.71. The smallest absolute Gasteiger partial charge is 0.348 e. The number of hydrogen-bond donors (Lipinski definition) is 1. The number of carbonyl (C=O) groups is 3. The molecule has 0 aliphatic carbocycles. The minimum absolute atomic E-state index is 0.0140. The Labute approximate surface area is 108 Å². The molecule has 2 atom stereocenters. The van der Waals surface area contributed by atoms with Crippen LogP contribution >= 0.6 is 0 Å². The molecule has 1 aromatic carbocycles. The van der Waals surface area contributed by atoms with Crippen LogP contribution in [0.15, 0.2) is 30.3 Å². The van der Waals surface area contributed by atoms with E-state index in [0.717, 1.165) is 5.56 Å². The SMILES string of the molecule is O=C1CC(C(=O)O)C(C(=O)OCc2ccccc2)O1. The number of carbonyl (C=O) groups excluding carboxylic acids is 2. The molecule has 0 spiro atoms. The fourth-order valence-corrected chi connectivity index (χ4v) is 1.80. The zero-order valence-corrected chi connectivity index (χ0v) is 9.94. The lowest BCUT2D eigenvalue weighted by molar-refractivity contribution is -0.166. The summed E-state index contributed by atoms with van der Waals surface area (Å²) in [4.78, 5) is 33.7. The molecule has 19 heavy (non-hydrogen) atoms. The fourth-order valence-electron chi connectivity index (χ4n) is 1.80. The molecule has 1 saturated heterocycles. The van der Waals surface area contributed by atoms with Gasteiger partial charge in [0.05, 0.1) is 6.42 Å². The predicted octanol–water partition coefficient (Wildman–Crippen LogP) is 0.746. The molecule has 0 aromatic heterocycles. The number of ether oxygens (including phenoxy) is 2. The standard InChI is InChI=1S/C13H12O6/c14-10-6-9(12(15)16)11(19-10)13(17)18-7-8-4-2-1-3-5-8/h1-5,9,11H,6-7H2,(H,15,16). The van der Waals surface area contributed by atoms with Gasteiger partial charge in [0.15, 0.2) is 0 Å². The van der Waals surface area contributed by atoms with Gasteiger partial charge in [-0.25, -0.2) is 4.79 Å². The summed E-state index contributed by atoms with van der Waals surface area (Å²) in [5.41, 5.74) is 0.770. The maximum atomic E-state index is 11.7. The molecule has 2 unspecified atom stereocenters. The van der Waals surface area contributed by atoms with Crippen LogP contribution in [0.3, 0.4) is 0 Å². The predicted molar refractivity (Wildman–Crippen MR) is 61.9 cm³/mol. The third-order valence-corrected chi connectivity index (χ3v) is 2.78. The molecule has 6 nitrogen and oxygen atoms in total. The maximum Gasteiger partial charge on any atom is 0.348 e. The van der Waals surface area contributed by atoms with E-state index >= 15 is 0 Å². The average Bonchev–Trinajstić information content (AvgIpc) is 2.79. The monoisotopic (exact) mass is 264 g/mol. The van der Waals surface area contributed by atoms with E-state index in [-0.39, 0.29) is 13.0 Å².